The smallest absolute Gasteiger partial charge is 0.0233 e. The lowest BCUT2D eigenvalue weighted by Crippen LogP contribution is -2.19. The molecule has 3 rings (SSSR count). The van der Waals surface area contributed by atoms with E-state index in [9.17, 15) is 0 Å². The van der Waals surface area contributed by atoms with E-state index >= 15 is 0 Å². The van der Waals surface area contributed by atoms with Gasteiger partial charge >= 0.3 is 0 Å². The Bertz CT molecular complexity index is 344. The van der Waals surface area contributed by atoms with Crippen molar-refractivity contribution in [3.63, 3.8) is 0 Å². The molecule has 132 valence electrons. The molecule has 0 heteroatoms. The summed E-state index contributed by atoms with van der Waals surface area (Å²) in [5, 5.41) is 0. The second-order valence-electron chi connectivity index (χ2n) is 9.55. The van der Waals surface area contributed by atoms with Gasteiger partial charge in [-0.05, 0) is 80.5 Å². The largest absolute Gasteiger partial charge is 0.0851 e. The van der Waals surface area contributed by atoms with Gasteiger partial charge in [0.05, 0.1) is 0 Å². The van der Waals surface area contributed by atoms with Crippen LogP contribution in [0, 0.1) is 35.5 Å². The highest BCUT2D eigenvalue weighted by atomic mass is 14.3. The summed E-state index contributed by atoms with van der Waals surface area (Å²) < 4.78 is 0. The van der Waals surface area contributed by atoms with Crippen LogP contribution in [-0.4, -0.2) is 0 Å². The summed E-state index contributed by atoms with van der Waals surface area (Å²) in [6.07, 6.45) is 24.7. The summed E-state index contributed by atoms with van der Waals surface area (Å²) in [6, 6.07) is 0. The molecule has 0 aromatic heterocycles. The number of rotatable bonds is 4. The third-order valence-corrected chi connectivity index (χ3v) is 7.41. The van der Waals surface area contributed by atoms with Gasteiger partial charge in [-0.25, -0.2) is 0 Å². The molecule has 3 aliphatic rings. The minimum atomic E-state index is 0.910. The van der Waals surface area contributed by atoms with Crippen LogP contribution in [0.1, 0.15) is 97.3 Å². The van der Waals surface area contributed by atoms with Gasteiger partial charge in [0, 0.05) is 0 Å². The summed E-state index contributed by atoms with van der Waals surface area (Å²) in [7, 11) is 0. The second-order valence-corrected chi connectivity index (χ2v) is 9.55. The maximum atomic E-state index is 2.62. The molecular formula is C23H40. The fourth-order valence-corrected chi connectivity index (χ4v) is 5.45. The molecule has 3 fully saturated rings. The summed E-state index contributed by atoms with van der Waals surface area (Å²) >= 11 is 0. The van der Waals surface area contributed by atoms with Crippen LogP contribution in [0.2, 0.25) is 0 Å². The van der Waals surface area contributed by atoms with Gasteiger partial charge in [-0.15, -0.1) is 0 Å². The number of allylic oxidation sites excluding steroid dienone is 2. The molecule has 0 N–H and O–H groups in total. The van der Waals surface area contributed by atoms with Crippen LogP contribution in [-0.2, 0) is 0 Å². The van der Waals surface area contributed by atoms with E-state index in [2.05, 4.69) is 26.0 Å². The van der Waals surface area contributed by atoms with Gasteiger partial charge in [0.25, 0.3) is 0 Å². The van der Waals surface area contributed by atoms with E-state index in [0.717, 1.165) is 35.5 Å². The first-order chi connectivity index (χ1) is 11.2. The van der Waals surface area contributed by atoms with Gasteiger partial charge in [0.15, 0.2) is 0 Å². The second kappa shape index (κ2) is 8.72. The summed E-state index contributed by atoms with van der Waals surface area (Å²) in [5.74, 6) is 5.96. The lowest BCUT2D eigenvalue weighted by atomic mass is 9.73. The third-order valence-electron chi connectivity index (χ3n) is 7.41. The van der Waals surface area contributed by atoms with Crippen LogP contribution in [0.25, 0.3) is 0 Å². The zero-order valence-electron chi connectivity index (χ0n) is 15.8. The monoisotopic (exact) mass is 316 g/mol. The Balaban J connectivity index is 1.33. The fraction of sp³-hybridized carbons (Fsp3) is 0.913. The first-order valence-corrected chi connectivity index (χ1v) is 10.9. The van der Waals surface area contributed by atoms with Crippen LogP contribution in [0.5, 0.6) is 0 Å². The van der Waals surface area contributed by atoms with Crippen molar-refractivity contribution in [2.45, 2.75) is 97.3 Å². The fourth-order valence-electron chi connectivity index (χ4n) is 5.45. The first-order valence-electron chi connectivity index (χ1n) is 10.9. The molecule has 0 saturated heterocycles. The van der Waals surface area contributed by atoms with E-state index in [4.69, 9.17) is 0 Å². The SMILES string of the molecule is CC1CCC(/C=C/C2CCC(CC3CCC(C)CC3)CC2)CC1. The maximum Gasteiger partial charge on any atom is -0.0233 e. The van der Waals surface area contributed by atoms with Crippen molar-refractivity contribution in [2.75, 3.05) is 0 Å². The Kier molecular flexibility index (Phi) is 6.66. The summed E-state index contributed by atoms with van der Waals surface area (Å²) in [5.41, 5.74) is 0. The average Bonchev–Trinajstić information content (AvgIpc) is 2.58. The van der Waals surface area contributed by atoms with Crippen LogP contribution >= 0.6 is 0 Å². The quantitative estimate of drug-likeness (QED) is 0.474. The van der Waals surface area contributed by atoms with Gasteiger partial charge < -0.3 is 0 Å². The normalized spacial score (nSPS) is 42.9. The van der Waals surface area contributed by atoms with Crippen molar-refractivity contribution < 1.29 is 0 Å². The highest BCUT2D eigenvalue weighted by Gasteiger charge is 2.25. The molecule has 0 spiro atoms. The number of hydrogen-bond acceptors (Lipinski definition) is 0. The molecule has 3 saturated carbocycles. The molecule has 0 radical (unpaired) electrons. The van der Waals surface area contributed by atoms with Crippen molar-refractivity contribution in [3.05, 3.63) is 12.2 Å². The number of hydrogen-bond donors (Lipinski definition) is 0. The van der Waals surface area contributed by atoms with Gasteiger partial charge in [-0.2, -0.15) is 0 Å². The average molecular weight is 317 g/mol. The van der Waals surface area contributed by atoms with Crippen LogP contribution in [0.15, 0.2) is 12.2 Å². The summed E-state index contributed by atoms with van der Waals surface area (Å²) in [4.78, 5) is 0. The molecule has 0 aliphatic heterocycles. The predicted octanol–water partition coefficient (Wildman–Crippen LogP) is 7.39. The lowest BCUT2D eigenvalue weighted by molar-refractivity contribution is 0.206. The highest BCUT2D eigenvalue weighted by molar-refractivity contribution is 4.96. The molecule has 0 aromatic carbocycles. The van der Waals surface area contributed by atoms with Gasteiger partial charge in [0.2, 0.25) is 0 Å². The zero-order chi connectivity index (χ0) is 16.1. The van der Waals surface area contributed by atoms with Crippen molar-refractivity contribution >= 4 is 0 Å². The molecule has 0 unspecified atom stereocenters. The molecule has 0 aromatic rings. The topological polar surface area (TPSA) is 0 Å². The highest BCUT2D eigenvalue weighted by Crippen LogP contribution is 2.39. The van der Waals surface area contributed by atoms with Crippen LogP contribution in [0.4, 0.5) is 0 Å². The van der Waals surface area contributed by atoms with Gasteiger partial charge in [0.1, 0.15) is 0 Å². The first kappa shape index (κ1) is 17.6. The summed E-state index contributed by atoms with van der Waals surface area (Å²) in [6.45, 7) is 4.87. The Morgan fingerprint density at radius 2 is 0.870 bits per heavy atom. The standard InChI is InChI=1S/C23H40/c1-18-3-7-20(8-4-18)11-12-21-13-15-23(16-14-21)17-22-9-5-19(2)6-10-22/h11-12,18-23H,3-10,13-17H2,1-2H3/b12-11+. The molecule has 23 heavy (non-hydrogen) atoms. The Hall–Kier alpha value is -0.260. The van der Waals surface area contributed by atoms with Gasteiger partial charge in [-0.3, -0.25) is 0 Å². The Morgan fingerprint density at radius 1 is 0.522 bits per heavy atom. The molecule has 0 atom stereocenters. The minimum absolute atomic E-state index is 0.910. The zero-order valence-corrected chi connectivity index (χ0v) is 15.8. The van der Waals surface area contributed by atoms with E-state index in [0.29, 0.717) is 0 Å². The van der Waals surface area contributed by atoms with E-state index in [1.54, 1.807) is 6.42 Å². The maximum absolute atomic E-state index is 2.62. The van der Waals surface area contributed by atoms with E-state index in [1.807, 2.05) is 0 Å². The molecule has 0 heterocycles. The van der Waals surface area contributed by atoms with Crippen molar-refractivity contribution in [2.24, 2.45) is 35.5 Å². The van der Waals surface area contributed by atoms with E-state index in [-0.39, 0.29) is 0 Å². The molecule has 3 aliphatic carbocycles. The van der Waals surface area contributed by atoms with Crippen molar-refractivity contribution in [3.8, 4) is 0 Å². The molecule has 0 nitrogen and oxygen atoms in total. The van der Waals surface area contributed by atoms with Crippen molar-refractivity contribution in [1.29, 1.82) is 0 Å². The van der Waals surface area contributed by atoms with Crippen LogP contribution in [0.3, 0.4) is 0 Å². The van der Waals surface area contributed by atoms with Crippen molar-refractivity contribution in [1.82, 2.24) is 0 Å². The molecule has 0 amide bonds. The minimum Gasteiger partial charge on any atom is -0.0851 e. The van der Waals surface area contributed by atoms with Crippen LogP contribution < -0.4 is 0 Å². The van der Waals surface area contributed by atoms with E-state index < -0.39 is 0 Å². The van der Waals surface area contributed by atoms with E-state index in [1.165, 1.54) is 77.0 Å². The Morgan fingerprint density at radius 3 is 1.35 bits per heavy atom. The third kappa shape index (κ3) is 5.64. The van der Waals surface area contributed by atoms with Gasteiger partial charge in [-0.1, -0.05) is 64.5 Å². The Labute approximate surface area is 145 Å². The molecular weight excluding hydrogens is 276 g/mol. The lowest BCUT2D eigenvalue weighted by Gasteiger charge is -2.33. The predicted molar refractivity (Wildman–Crippen MR) is 101 cm³/mol. The molecule has 0 bridgehead atoms.